The van der Waals surface area contributed by atoms with Crippen LogP contribution in [0, 0.1) is 12.7 Å². The number of rotatable bonds is 3. The topological polar surface area (TPSA) is 69.0 Å². The zero-order valence-corrected chi connectivity index (χ0v) is 13.8. The van der Waals surface area contributed by atoms with Crippen molar-refractivity contribution in [1.29, 1.82) is 0 Å². The largest absolute Gasteiger partial charge is 0.376 e. The number of aryl methyl sites for hydroxylation is 1. The molecule has 0 saturated carbocycles. The summed E-state index contributed by atoms with van der Waals surface area (Å²) in [5, 5.41) is 3.34. The Hall–Kier alpha value is -2.67. The van der Waals surface area contributed by atoms with Crippen molar-refractivity contribution in [3.05, 3.63) is 62.6 Å². The Bertz CT molecular complexity index is 1060. The van der Waals surface area contributed by atoms with Gasteiger partial charge in [-0.2, -0.15) is 0 Å². The van der Waals surface area contributed by atoms with Crippen LogP contribution >= 0.6 is 0 Å². The van der Waals surface area contributed by atoms with Gasteiger partial charge >= 0.3 is 0 Å². The van der Waals surface area contributed by atoms with E-state index in [0.29, 0.717) is 35.4 Å². The SMILES string of the molecule is Cc1c2c(=O)n(-c3cccc(F)c3)[nH]c2cc(=O)n1CC1CCCO1. The maximum Gasteiger partial charge on any atom is 0.280 e. The summed E-state index contributed by atoms with van der Waals surface area (Å²) in [6.45, 7) is 2.90. The Labute approximate surface area is 142 Å². The van der Waals surface area contributed by atoms with E-state index in [9.17, 15) is 14.0 Å². The number of hydrogen-bond acceptors (Lipinski definition) is 3. The molecule has 1 aromatic carbocycles. The van der Waals surface area contributed by atoms with E-state index >= 15 is 0 Å². The van der Waals surface area contributed by atoms with Crippen molar-refractivity contribution >= 4 is 10.9 Å². The smallest absolute Gasteiger partial charge is 0.280 e. The van der Waals surface area contributed by atoms with Crippen molar-refractivity contribution in [3.63, 3.8) is 0 Å². The Morgan fingerprint density at radius 2 is 2.16 bits per heavy atom. The number of ether oxygens (including phenoxy) is 1. The van der Waals surface area contributed by atoms with E-state index < -0.39 is 5.82 Å². The first kappa shape index (κ1) is 15.8. The van der Waals surface area contributed by atoms with Gasteiger partial charge < -0.3 is 9.30 Å². The molecule has 0 bridgehead atoms. The van der Waals surface area contributed by atoms with Crippen LogP contribution in [-0.4, -0.2) is 27.1 Å². The zero-order chi connectivity index (χ0) is 17.6. The van der Waals surface area contributed by atoms with Crippen LogP contribution in [0.3, 0.4) is 0 Å². The van der Waals surface area contributed by atoms with Crippen molar-refractivity contribution in [2.75, 3.05) is 6.61 Å². The van der Waals surface area contributed by atoms with E-state index in [1.165, 1.54) is 28.9 Å². The molecule has 0 radical (unpaired) electrons. The molecule has 1 unspecified atom stereocenters. The standard InChI is InChI=1S/C18H18FN3O3/c1-11-17-15(9-16(23)21(11)10-14-6-3-7-25-14)20-22(18(17)24)13-5-2-4-12(19)8-13/h2,4-5,8-9,14,20H,3,6-7,10H2,1H3. The zero-order valence-electron chi connectivity index (χ0n) is 13.8. The molecular weight excluding hydrogens is 325 g/mol. The number of aromatic nitrogens is 3. The lowest BCUT2D eigenvalue weighted by atomic mass is 10.2. The number of benzene rings is 1. The lowest BCUT2D eigenvalue weighted by molar-refractivity contribution is 0.0958. The normalized spacial score (nSPS) is 17.4. The molecule has 3 heterocycles. The first-order chi connectivity index (χ1) is 12.0. The summed E-state index contributed by atoms with van der Waals surface area (Å²) in [7, 11) is 0. The Balaban J connectivity index is 1.87. The van der Waals surface area contributed by atoms with Crippen molar-refractivity contribution in [3.8, 4) is 5.69 Å². The summed E-state index contributed by atoms with van der Waals surface area (Å²) >= 11 is 0. The van der Waals surface area contributed by atoms with E-state index in [4.69, 9.17) is 4.74 Å². The summed E-state index contributed by atoms with van der Waals surface area (Å²) in [4.78, 5) is 25.3. The number of nitrogens with one attached hydrogen (secondary N) is 1. The fraction of sp³-hybridized carbons (Fsp3) is 0.333. The minimum Gasteiger partial charge on any atom is -0.376 e. The summed E-state index contributed by atoms with van der Waals surface area (Å²) in [6.07, 6.45) is 1.89. The van der Waals surface area contributed by atoms with Crippen LogP contribution < -0.4 is 11.1 Å². The van der Waals surface area contributed by atoms with Gasteiger partial charge in [0.25, 0.3) is 11.1 Å². The lowest BCUT2D eigenvalue weighted by Crippen LogP contribution is -2.28. The molecule has 1 aliphatic heterocycles. The number of pyridine rings is 1. The van der Waals surface area contributed by atoms with Gasteiger partial charge in [0.2, 0.25) is 0 Å². The number of hydrogen-bond donors (Lipinski definition) is 1. The van der Waals surface area contributed by atoms with E-state index in [2.05, 4.69) is 5.10 Å². The van der Waals surface area contributed by atoms with Gasteiger partial charge in [0.15, 0.2) is 0 Å². The number of nitrogens with zero attached hydrogens (tertiary/aromatic N) is 2. The summed E-state index contributed by atoms with van der Waals surface area (Å²) < 4.78 is 21.9. The number of fused-ring (bicyclic) bond motifs is 1. The molecule has 1 fully saturated rings. The van der Waals surface area contributed by atoms with Crippen LogP contribution in [0.25, 0.3) is 16.6 Å². The molecule has 7 heteroatoms. The molecule has 3 aromatic rings. The third-order valence-electron chi connectivity index (χ3n) is 4.70. The molecule has 1 N–H and O–H groups in total. The van der Waals surface area contributed by atoms with Gasteiger partial charge in [-0.3, -0.25) is 14.7 Å². The highest BCUT2D eigenvalue weighted by molar-refractivity contribution is 5.80. The summed E-state index contributed by atoms with van der Waals surface area (Å²) in [5.74, 6) is -0.433. The lowest BCUT2D eigenvalue weighted by Gasteiger charge is -2.14. The predicted molar refractivity (Wildman–Crippen MR) is 91.8 cm³/mol. The van der Waals surface area contributed by atoms with Crippen LogP contribution in [0.5, 0.6) is 0 Å². The molecule has 0 spiro atoms. The van der Waals surface area contributed by atoms with Crippen LogP contribution in [0.2, 0.25) is 0 Å². The molecule has 1 saturated heterocycles. The van der Waals surface area contributed by atoms with Gasteiger partial charge in [-0.15, -0.1) is 0 Å². The second-order valence-corrected chi connectivity index (χ2v) is 6.33. The predicted octanol–water partition coefficient (Wildman–Crippen LogP) is 2.11. The molecule has 25 heavy (non-hydrogen) atoms. The van der Waals surface area contributed by atoms with Crippen molar-refractivity contribution in [2.24, 2.45) is 0 Å². The highest BCUT2D eigenvalue weighted by Crippen LogP contribution is 2.17. The third-order valence-corrected chi connectivity index (χ3v) is 4.70. The van der Waals surface area contributed by atoms with Gasteiger partial charge in [0.05, 0.1) is 29.2 Å². The maximum atomic E-state index is 13.5. The molecule has 0 amide bonds. The molecular formula is C18H18FN3O3. The van der Waals surface area contributed by atoms with Crippen LogP contribution in [-0.2, 0) is 11.3 Å². The van der Waals surface area contributed by atoms with Gasteiger partial charge in [-0.1, -0.05) is 6.07 Å². The fourth-order valence-electron chi connectivity index (χ4n) is 3.43. The fourth-order valence-corrected chi connectivity index (χ4v) is 3.43. The van der Waals surface area contributed by atoms with E-state index in [0.717, 1.165) is 12.8 Å². The number of halogens is 1. The van der Waals surface area contributed by atoms with Crippen molar-refractivity contribution < 1.29 is 9.13 Å². The first-order valence-electron chi connectivity index (χ1n) is 8.27. The molecule has 130 valence electrons. The number of H-pyrrole nitrogens is 1. The van der Waals surface area contributed by atoms with E-state index in [-0.39, 0.29) is 17.2 Å². The number of aromatic amines is 1. The summed E-state index contributed by atoms with van der Waals surface area (Å²) in [6, 6.07) is 7.16. The molecule has 1 aliphatic rings. The maximum absolute atomic E-state index is 13.5. The minimum absolute atomic E-state index is 0.00163. The van der Waals surface area contributed by atoms with Crippen molar-refractivity contribution in [1.82, 2.24) is 14.3 Å². The average molecular weight is 343 g/mol. The van der Waals surface area contributed by atoms with Crippen molar-refractivity contribution in [2.45, 2.75) is 32.4 Å². The first-order valence-corrected chi connectivity index (χ1v) is 8.27. The molecule has 6 nitrogen and oxygen atoms in total. The molecule has 1 atom stereocenters. The van der Waals surface area contributed by atoms with Crippen LogP contribution in [0.15, 0.2) is 39.9 Å². The minimum atomic E-state index is -0.433. The second kappa shape index (κ2) is 6.00. The average Bonchev–Trinajstić information content (AvgIpc) is 3.19. The van der Waals surface area contributed by atoms with Gasteiger partial charge in [-0.25, -0.2) is 9.07 Å². The highest BCUT2D eigenvalue weighted by Gasteiger charge is 2.20. The third kappa shape index (κ3) is 2.70. The van der Waals surface area contributed by atoms with Gasteiger partial charge in [0, 0.05) is 18.4 Å². The second-order valence-electron chi connectivity index (χ2n) is 6.33. The molecule has 0 aliphatic carbocycles. The molecule has 2 aromatic heterocycles. The van der Waals surface area contributed by atoms with Crippen LogP contribution in [0.4, 0.5) is 4.39 Å². The highest BCUT2D eigenvalue weighted by atomic mass is 19.1. The Morgan fingerprint density at radius 1 is 1.32 bits per heavy atom. The van der Waals surface area contributed by atoms with E-state index in [1.54, 1.807) is 17.6 Å². The van der Waals surface area contributed by atoms with Gasteiger partial charge in [0.1, 0.15) is 5.82 Å². The van der Waals surface area contributed by atoms with Gasteiger partial charge in [-0.05, 0) is 38.0 Å². The summed E-state index contributed by atoms with van der Waals surface area (Å²) in [5.41, 5.74) is 0.931. The Kier molecular flexibility index (Phi) is 3.80. The van der Waals surface area contributed by atoms with Crippen LogP contribution in [0.1, 0.15) is 18.5 Å². The Morgan fingerprint density at radius 3 is 2.88 bits per heavy atom. The quantitative estimate of drug-likeness (QED) is 0.792. The monoisotopic (exact) mass is 343 g/mol. The van der Waals surface area contributed by atoms with E-state index in [1.807, 2.05) is 0 Å². The molecule has 4 rings (SSSR count).